The van der Waals surface area contributed by atoms with Gasteiger partial charge in [0.05, 0.1) is 11.0 Å². The zero-order chi connectivity index (χ0) is 14.3. The van der Waals surface area contributed by atoms with E-state index in [0.717, 1.165) is 0 Å². The molecular formula is C14H18O5. The first kappa shape index (κ1) is 13.8. The maximum Gasteiger partial charge on any atom is 0.331 e. The summed E-state index contributed by atoms with van der Waals surface area (Å²) >= 11 is 0. The number of carboxylic acids is 2. The van der Waals surface area contributed by atoms with Crippen molar-refractivity contribution >= 4 is 11.9 Å². The minimum absolute atomic E-state index is 0.108. The second-order valence-electron chi connectivity index (χ2n) is 5.69. The second-order valence-corrected chi connectivity index (χ2v) is 5.69. The molecule has 2 atom stereocenters. The molecule has 0 spiro atoms. The Morgan fingerprint density at radius 2 is 2.00 bits per heavy atom. The summed E-state index contributed by atoms with van der Waals surface area (Å²) in [6, 6.07) is 0. The molecule has 0 aromatic rings. The molecule has 0 radical (unpaired) electrons. The highest BCUT2D eigenvalue weighted by Gasteiger charge is 2.47. The van der Waals surface area contributed by atoms with Gasteiger partial charge in [-0.2, -0.15) is 0 Å². The average molecular weight is 266 g/mol. The van der Waals surface area contributed by atoms with Crippen molar-refractivity contribution in [1.82, 2.24) is 0 Å². The third-order valence-electron chi connectivity index (χ3n) is 4.25. The van der Waals surface area contributed by atoms with Crippen LogP contribution < -0.4 is 0 Å². The van der Waals surface area contributed by atoms with Gasteiger partial charge in [-0.3, -0.25) is 4.79 Å². The Kier molecular flexibility index (Phi) is 3.26. The van der Waals surface area contributed by atoms with Crippen LogP contribution in [0.3, 0.4) is 0 Å². The summed E-state index contributed by atoms with van der Waals surface area (Å²) in [6.07, 6.45) is 6.70. The zero-order valence-electron chi connectivity index (χ0n) is 10.8. The van der Waals surface area contributed by atoms with Crippen molar-refractivity contribution in [3.8, 4) is 0 Å². The fourth-order valence-electron chi connectivity index (χ4n) is 2.61. The molecule has 2 aliphatic rings. The summed E-state index contributed by atoms with van der Waals surface area (Å²) in [5.74, 6) is -2.75. The van der Waals surface area contributed by atoms with Gasteiger partial charge in [-0.05, 0) is 32.6 Å². The standard InChI is InChI=1S/C14H18O5/c1-13(12(17)18)5-2-3-9(11(15)16)10(13)4-6-14(19)7-8-14/h2-3,5,10,19H,4,6-8H2,1H3,(H,15,16)(H,17,18). The summed E-state index contributed by atoms with van der Waals surface area (Å²) in [6.45, 7) is 1.53. The molecular weight excluding hydrogens is 248 g/mol. The smallest absolute Gasteiger partial charge is 0.331 e. The van der Waals surface area contributed by atoms with E-state index in [1.54, 1.807) is 0 Å². The van der Waals surface area contributed by atoms with Crippen LogP contribution in [0, 0.1) is 11.3 Å². The van der Waals surface area contributed by atoms with Crippen molar-refractivity contribution in [3.63, 3.8) is 0 Å². The highest BCUT2D eigenvalue weighted by Crippen LogP contribution is 2.46. The second kappa shape index (κ2) is 4.49. The van der Waals surface area contributed by atoms with Gasteiger partial charge in [0.2, 0.25) is 0 Å². The topological polar surface area (TPSA) is 94.8 Å². The lowest BCUT2D eigenvalue weighted by Gasteiger charge is -2.34. The van der Waals surface area contributed by atoms with Gasteiger partial charge in [0.15, 0.2) is 0 Å². The monoisotopic (exact) mass is 266 g/mol. The van der Waals surface area contributed by atoms with E-state index in [1.165, 1.54) is 25.2 Å². The van der Waals surface area contributed by atoms with Crippen LogP contribution in [-0.2, 0) is 9.59 Å². The minimum Gasteiger partial charge on any atom is -0.481 e. The lowest BCUT2D eigenvalue weighted by molar-refractivity contribution is -0.148. The van der Waals surface area contributed by atoms with Crippen LogP contribution in [0.5, 0.6) is 0 Å². The van der Waals surface area contributed by atoms with Crippen LogP contribution in [0.15, 0.2) is 23.8 Å². The van der Waals surface area contributed by atoms with Crippen LogP contribution in [0.1, 0.15) is 32.6 Å². The minimum atomic E-state index is -1.23. The molecule has 5 nitrogen and oxygen atoms in total. The Hall–Kier alpha value is -1.62. The van der Waals surface area contributed by atoms with Crippen LogP contribution in [-0.4, -0.2) is 32.9 Å². The van der Waals surface area contributed by atoms with Gasteiger partial charge in [-0.25, -0.2) is 4.79 Å². The van der Waals surface area contributed by atoms with Crippen molar-refractivity contribution in [3.05, 3.63) is 23.8 Å². The van der Waals surface area contributed by atoms with Gasteiger partial charge < -0.3 is 15.3 Å². The van der Waals surface area contributed by atoms with Gasteiger partial charge in [-0.15, -0.1) is 0 Å². The Labute approximate surface area is 111 Å². The summed E-state index contributed by atoms with van der Waals surface area (Å²) in [4.78, 5) is 22.7. The van der Waals surface area contributed by atoms with Crippen molar-refractivity contribution in [2.75, 3.05) is 0 Å². The molecule has 0 heterocycles. The first-order valence-corrected chi connectivity index (χ1v) is 6.37. The van der Waals surface area contributed by atoms with E-state index in [-0.39, 0.29) is 5.57 Å². The van der Waals surface area contributed by atoms with Crippen molar-refractivity contribution in [1.29, 1.82) is 0 Å². The predicted molar refractivity (Wildman–Crippen MR) is 67.5 cm³/mol. The van der Waals surface area contributed by atoms with Crippen LogP contribution in [0.2, 0.25) is 0 Å². The van der Waals surface area contributed by atoms with Crippen LogP contribution >= 0.6 is 0 Å². The number of allylic oxidation sites excluding steroid dienone is 2. The number of carboxylic acid groups (broad SMARTS) is 2. The largest absolute Gasteiger partial charge is 0.481 e. The Morgan fingerprint density at radius 3 is 2.47 bits per heavy atom. The number of rotatable bonds is 5. The molecule has 2 rings (SSSR count). The fourth-order valence-corrected chi connectivity index (χ4v) is 2.61. The number of hydrogen-bond donors (Lipinski definition) is 3. The zero-order valence-corrected chi connectivity index (χ0v) is 10.8. The molecule has 3 N–H and O–H groups in total. The normalized spacial score (nSPS) is 31.7. The van der Waals surface area contributed by atoms with Gasteiger partial charge in [0.1, 0.15) is 0 Å². The average Bonchev–Trinajstić information content (AvgIpc) is 3.05. The molecule has 19 heavy (non-hydrogen) atoms. The molecule has 0 bridgehead atoms. The summed E-state index contributed by atoms with van der Waals surface area (Å²) in [7, 11) is 0. The van der Waals surface area contributed by atoms with Gasteiger partial charge >= 0.3 is 11.9 Å². The van der Waals surface area contributed by atoms with Crippen molar-refractivity contribution < 1.29 is 24.9 Å². The molecule has 2 unspecified atom stereocenters. The molecule has 104 valence electrons. The third-order valence-corrected chi connectivity index (χ3v) is 4.25. The van der Waals surface area contributed by atoms with E-state index >= 15 is 0 Å². The van der Waals surface area contributed by atoms with E-state index < -0.39 is 28.9 Å². The molecule has 1 saturated carbocycles. The maximum absolute atomic E-state index is 11.5. The first-order chi connectivity index (χ1) is 8.78. The lowest BCUT2D eigenvalue weighted by Crippen LogP contribution is -2.39. The molecule has 5 heteroatoms. The fraction of sp³-hybridized carbons (Fsp3) is 0.571. The molecule has 2 aliphatic carbocycles. The summed E-state index contributed by atoms with van der Waals surface area (Å²) in [5.41, 5.74) is -1.82. The molecule has 0 aromatic heterocycles. The van der Waals surface area contributed by atoms with Crippen molar-refractivity contribution in [2.45, 2.75) is 38.2 Å². The van der Waals surface area contributed by atoms with E-state index in [1.807, 2.05) is 0 Å². The summed E-state index contributed by atoms with van der Waals surface area (Å²) in [5, 5.41) is 28.4. The van der Waals surface area contributed by atoms with Gasteiger partial charge in [0.25, 0.3) is 0 Å². The Bertz CT molecular complexity index is 472. The third kappa shape index (κ3) is 2.56. The van der Waals surface area contributed by atoms with Crippen molar-refractivity contribution in [2.24, 2.45) is 11.3 Å². The van der Waals surface area contributed by atoms with Crippen LogP contribution in [0.25, 0.3) is 0 Å². The SMILES string of the molecule is CC1(C(=O)O)C=CC=C(C(=O)O)C1CCC1(O)CC1. The van der Waals surface area contributed by atoms with E-state index in [4.69, 9.17) is 0 Å². The van der Waals surface area contributed by atoms with E-state index in [0.29, 0.717) is 25.7 Å². The predicted octanol–water partition coefficient (Wildman–Crippen LogP) is 1.58. The highest BCUT2D eigenvalue weighted by atomic mass is 16.4. The number of aliphatic carboxylic acids is 2. The maximum atomic E-state index is 11.5. The molecule has 0 aliphatic heterocycles. The van der Waals surface area contributed by atoms with E-state index in [9.17, 15) is 24.9 Å². The van der Waals surface area contributed by atoms with E-state index in [2.05, 4.69) is 0 Å². The Balaban J connectivity index is 2.24. The molecule has 0 aromatic carbocycles. The number of carbonyl (C=O) groups is 2. The number of hydrogen-bond acceptors (Lipinski definition) is 3. The quantitative estimate of drug-likeness (QED) is 0.702. The first-order valence-electron chi connectivity index (χ1n) is 6.37. The Morgan fingerprint density at radius 1 is 1.37 bits per heavy atom. The molecule has 1 fully saturated rings. The van der Waals surface area contributed by atoms with Gasteiger partial charge in [0, 0.05) is 11.5 Å². The molecule has 0 amide bonds. The number of aliphatic hydroxyl groups is 1. The highest BCUT2D eigenvalue weighted by molar-refractivity contribution is 5.91. The van der Waals surface area contributed by atoms with Gasteiger partial charge in [-0.1, -0.05) is 18.2 Å². The summed E-state index contributed by atoms with van der Waals surface area (Å²) < 4.78 is 0. The molecule has 0 saturated heterocycles. The lowest BCUT2D eigenvalue weighted by atomic mass is 9.68. The van der Waals surface area contributed by atoms with Crippen LogP contribution in [0.4, 0.5) is 0 Å².